The molecule has 1 N–H and O–H groups in total. The zero-order valence-corrected chi connectivity index (χ0v) is 7.55. The van der Waals surface area contributed by atoms with Crippen LogP contribution in [0.3, 0.4) is 0 Å². The van der Waals surface area contributed by atoms with E-state index in [2.05, 4.69) is 17.1 Å². The van der Waals surface area contributed by atoms with Crippen molar-refractivity contribution in [1.82, 2.24) is 10.2 Å². The second-order valence-corrected chi connectivity index (χ2v) is 3.99. The summed E-state index contributed by atoms with van der Waals surface area (Å²) in [6, 6.07) is 0.481. The molecule has 2 saturated heterocycles. The van der Waals surface area contributed by atoms with E-state index in [9.17, 15) is 4.79 Å². The molecule has 2 aliphatic rings. The summed E-state index contributed by atoms with van der Waals surface area (Å²) in [6.07, 6.45) is 1.86. The summed E-state index contributed by atoms with van der Waals surface area (Å²) < 4.78 is 0. The van der Waals surface area contributed by atoms with Gasteiger partial charge in [0.25, 0.3) is 0 Å². The van der Waals surface area contributed by atoms with Crippen molar-refractivity contribution in [2.24, 2.45) is 5.92 Å². The third-order valence-electron chi connectivity index (χ3n) is 2.84. The molecule has 0 aromatic heterocycles. The van der Waals surface area contributed by atoms with Crippen LogP contribution < -0.4 is 5.32 Å². The Labute approximate surface area is 73.1 Å². The van der Waals surface area contributed by atoms with Crippen LogP contribution in [-0.2, 0) is 4.79 Å². The summed E-state index contributed by atoms with van der Waals surface area (Å²) in [5, 5.41) is 3.31. The van der Waals surface area contributed by atoms with Gasteiger partial charge in [-0.1, -0.05) is 6.92 Å². The van der Waals surface area contributed by atoms with E-state index < -0.39 is 0 Å². The van der Waals surface area contributed by atoms with Crippen LogP contribution in [0.4, 0.5) is 0 Å². The minimum absolute atomic E-state index is 0.342. The fourth-order valence-electron chi connectivity index (χ4n) is 2.26. The molecule has 0 saturated carbocycles. The molecule has 0 aromatic carbocycles. The monoisotopic (exact) mass is 168 g/mol. The summed E-state index contributed by atoms with van der Waals surface area (Å²) in [7, 11) is 0. The van der Waals surface area contributed by atoms with E-state index in [4.69, 9.17) is 0 Å². The maximum atomic E-state index is 11.5. The lowest BCUT2D eigenvalue weighted by Crippen LogP contribution is -2.37. The van der Waals surface area contributed by atoms with Gasteiger partial charge in [-0.25, -0.2) is 0 Å². The summed E-state index contributed by atoms with van der Waals surface area (Å²) in [4.78, 5) is 13.6. The van der Waals surface area contributed by atoms with Crippen molar-refractivity contribution in [1.29, 1.82) is 0 Å². The van der Waals surface area contributed by atoms with E-state index >= 15 is 0 Å². The molecule has 0 bridgehead atoms. The summed E-state index contributed by atoms with van der Waals surface area (Å²) >= 11 is 0. The number of carbonyl (C=O) groups is 1. The first-order valence-corrected chi connectivity index (χ1v) is 4.77. The van der Waals surface area contributed by atoms with Crippen LogP contribution in [0, 0.1) is 5.92 Å². The average Bonchev–Trinajstić information content (AvgIpc) is 2.33. The maximum absolute atomic E-state index is 11.5. The van der Waals surface area contributed by atoms with Gasteiger partial charge in [-0.05, 0) is 12.3 Å². The molecule has 2 atom stereocenters. The van der Waals surface area contributed by atoms with E-state index in [1.165, 1.54) is 6.42 Å². The number of nitrogens with one attached hydrogen (secondary N) is 1. The molecule has 2 rings (SSSR count). The van der Waals surface area contributed by atoms with Crippen LogP contribution >= 0.6 is 0 Å². The molecule has 0 radical (unpaired) electrons. The Morgan fingerprint density at radius 1 is 1.58 bits per heavy atom. The van der Waals surface area contributed by atoms with Crippen molar-refractivity contribution in [2.45, 2.75) is 25.8 Å². The maximum Gasteiger partial charge on any atom is 0.224 e. The molecule has 2 aliphatic heterocycles. The van der Waals surface area contributed by atoms with Crippen molar-refractivity contribution in [2.75, 3.05) is 19.6 Å². The van der Waals surface area contributed by atoms with Crippen LogP contribution in [-0.4, -0.2) is 36.5 Å². The first-order valence-electron chi connectivity index (χ1n) is 4.77. The molecular formula is C9H16N2O. The molecule has 68 valence electrons. The summed E-state index contributed by atoms with van der Waals surface area (Å²) in [5.41, 5.74) is 0. The Balaban J connectivity index is 2.09. The Morgan fingerprint density at radius 3 is 3.25 bits per heavy atom. The van der Waals surface area contributed by atoms with E-state index in [0.29, 0.717) is 24.3 Å². The smallest absolute Gasteiger partial charge is 0.224 e. The molecule has 12 heavy (non-hydrogen) atoms. The topological polar surface area (TPSA) is 32.3 Å². The molecule has 2 heterocycles. The second kappa shape index (κ2) is 3.05. The van der Waals surface area contributed by atoms with E-state index in [1.54, 1.807) is 0 Å². The molecule has 3 nitrogen and oxygen atoms in total. The standard InChI is InChI=1S/C9H16N2O/c1-7-4-8-5-10-3-2-9(12)11(8)6-7/h7-8,10H,2-6H2,1H3. The normalized spacial score (nSPS) is 36.4. The highest BCUT2D eigenvalue weighted by Gasteiger charge is 2.33. The zero-order chi connectivity index (χ0) is 8.55. The van der Waals surface area contributed by atoms with Crippen molar-refractivity contribution in [3.05, 3.63) is 0 Å². The second-order valence-electron chi connectivity index (χ2n) is 3.99. The molecule has 0 aromatic rings. The molecular weight excluding hydrogens is 152 g/mol. The van der Waals surface area contributed by atoms with Gasteiger partial charge in [0.1, 0.15) is 0 Å². The van der Waals surface area contributed by atoms with Gasteiger partial charge in [0.05, 0.1) is 0 Å². The Morgan fingerprint density at radius 2 is 2.42 bits per heavy atom. The Hall–Kier alpha value is -0.570. The molecule has 2 unspecified atom stereocenters. The van der Waals surface area contributed by atoms with E-state index in [1.807, 2.05) is 0 Å². The van der Waals surface area contributed by atoms with Gasteiger partial charge in [-0.15, -0.1) is 0 Å². The number of hydrogen-bond donors (Lipinski definition) is 1. The predicted molar refractivity (Wildman–Crippen MR) is 46.8 cm³/mol. The number of amides is 1. The van der Waals surface area contributed by atoms with Gasteiger partial charge in [0.2, 0.25) is 5.91 Å². The highest BCUT2D eigenvalue weighted by Crippen LogP contribution is 2.23. The SMILES string of the molecule is CC1CC2CNCCC(=O)N2C1. The predicted octanol–water partition coefficient (Wildman–Crippen LogP) is 0.217. The fraction of sp³-hybridized carbons (Fsp3) is 0.889. The average molecular weight is 168 g/mol. The minimum Gasteiger partial charge on any atom is -0.338 e. The molecule has 0 spiro atoms. The van der Waals surface area contributed by atoms with Gasteiger partial charge in [-0.2, -0.15) is 0 Å². The third kappa shape index (κ3) is 1.33. The Kier molecular flexibility index (Phi) is 2.05. The van der Waals surface area contributed by atoms with E-state index in [0.717, 1.165) is 19.6 Å². The van der Waals surface area contributed by atoms with Crippen molar-refractivity contribution in [3.63, 3.8) is 0 Å². The van der Waals surface area contributed by atoms with Crippen LogP contribution in [0.15, 0.2) is 0 Å². The first kappa shape index (κ1) is 8.05. The van der Waals surface area contributed by atoms with Gasteiger partial charge in [-0.3, -0.25) is 4.79 Å². The van der Waals surface area contributed by atoms with Crippen molar-refractivity contribution < 1.29 is 4.79 Å². The number of carbonyl (C=O) groups excluding carboxylic acids is 1. The van der Waals surface area contributed by atoms with Crippen LogP contribution in [0.2, 0.25) is 0 Å². The van der Waals surface area contributed by atoms with Crippen LogP contribution in [0.1, 0.15) is 19.8 Å². The number of nitrogens with zero attached hydrogens (tertiary/aromatic N) is 1. The lowest BCUT2D eigenvalue weighted by atomic mass is 10.1. The number of fused-ring (bicyclic) bond motifs is 1. The quantitative estimate of drug-likeness (QED) is 0.561. The van der Waals surface area contributed by atoms with Crippen molar-refractivity contribution in [3.8, 4) is 0 Å². The fourth-order valence-corrected chi connectivity index (χ4v) is 2.26. The number of rotatable bonds is 0. The highest BCUT2D eigenvalue weighted by atomic mass is 16.2. The van der Waals surface area contributed by atoms with Crippen molar-refractivity contribution >= 4 is 5.91 Å². The first-order chi connectivity index (χ1) is 5.77. The molecule has 2 fully saturated rings. The summed E-state index contributed by atoms with van der Waals surface area (Å²) in [5.74, 6) is 1.04. The Bertz CT molecular complexity index is 193. The molecule has 1 amide bonds. The van der Waals surface area contributed by atoms with Crippen LogP contribution in [0.5, 0.6) is 0 Å². The lowest BCUT2D eigenvalue weighted by Gasteiger charge is -2.20. The van der Waals surface area contributed by atoms with E-state index in [-0.39, 0.29) is 0 Å². The summed E-state index contributed by atoms with van der Waals surface area (Å²) in [6.45, 7) is 5.06. The lowest BCUT2D eigenvalue weighted by molar-refractivity contribution is -0.131. The molecule has 3 heteroatoms. The number of hydrogen-bond acceptors (Lipinski definition) is 2. The largest absolute Gasteiger partial charge is 0.338 e. The molecule has 0 aliphatic carbocycles. The van der Waals surface area contributed by atoms with Gasteiger partial charge < -0.3 is 10.2 Å². The third-order valence-corrected chi connectivity index (χ3v) is 2.84. The minimum atomic E-state index is 0.342. The van der Waals surface area contributed by atoms with Gasteiger partial charge >= 0.3 is 0 Å². The van der Waals surface area contributed by atoms with Gasteiger partial charge in [0.15, 0.2) is 0 Å². The zero-order valence-electron chi connectivity index (χ0n) is 7.55. The highest BCUT2D eigenvalue weighted by molar-refractivity contribution is 5.77. The van der Waals surface area contributed by atoms with Crippen LogP contribution in [0.25, 0.3) is 0 Å². The van der Waals surface area contributed by atoms with Gasteiger partial charge in [0, 0.05) is 32.1 Å².